The average molecular weight is 283 g/mol. The molecule has 1 unspecified atom stereocenters. The van der Waals surface area contributed by atoms with Gasteiger partial charge >= 0.3 is 0 Å². The highest BCUT2D eigenvalue weighted by Gasteiger charge is 2.25. The molecule has 0 saturated carbocycles. The normalized spacial score (nSPS) is 15.5. The lowest BCUT2D eigenvalue weighted by atomic mass is 9.82. The fourth-order valence-electron chi connectivity index (χ4n) is 3.09. The topological polar surface area (TPSA) is 12.0 Å². The van der Waals surface area contributed by atoms with Crippen LogP contribution < -0.4 is 5.32 Å². The van der Waals surface area contributed by atoms with Crippen LogP contribution >= 0.6 is 11.8 Å². The number of hydrogen-bond donors (Lipinski definition) is 1. The van der Waals surface area contributed by atoms with Crippen LogP contribution in [0.3, 0.4) is 0 Å². The molecule has 0 aliphatic heterocycles. The molecule has 1 N–H and O–H groups in total. The van der Waals surface area contributed by atoms with Crippen LogP contribution in [0.15, 0.2) is 48.5 Å². The van der Waals surface area contributed by atoms with E-state index in [1.54, 1.807) is 0 Å². The quantitative estimate of drug-likeness (QED) is 0.909. The molecule has 1 aliphatic carbocycles. The second-order valence-corrected chi connectivity index (χ2v) is 6.44. The zero-order valence-corrected chi connectivity index (χ0v) is 12.9. The Hall–Kier alpha value is -1.25. The van der Waals surface area contributed by atoms with E-state index >= 15 is 0 Å². The van der Waals surface area contributed by atoms with Gasteiger partial charge in [0.25, 0.3) is 0 Å². The van der Waals surface area contributed by atoms with Crippen LogP contribution in [0.5, 0.6) is 0 Å². The third kappa shape index (κ3) is 2.63. The molecule has 2 aromatic rings. The van der Waals surface area contributed by atoms with Gasteiger partial charge in [0.2, 0.25) is 0 Å². The number of nitrogens with one attached hydrogen (secondary N) is 1. The van der Waals surface area contributed by atoms with Crippen molar-refractivity contribution < 1.29 is 0 Å². The molecule has 0 radical (unpaired) electrons. The SMILES string of the molecule is CSCC(C)NC1c2ccccc2Cc2ccccc21. The minimum Gasteiger partial charge on any atom is -0.303 e. The van der Waals surface area contributed by atoms with Crippen LogP contribution in [0.2, 0.25) is 0 Å². The van der Waals surface area contributed by atoms with Crippen molar-refractivity contribution in [1.82, 2.24) is 5.32 Å². The monoisotopic (exact) mass is 283 g/mol. The third-order valence-electron chi connectivity index (χ3n) is 3.98. The Morgan fingerprint density at radius 1 is 1.05 bits per heavy atom. The van der Waals surface area contributed by atoms with E-state index in [1.807, 2.05) is 11.8 Å². The van der Waals surface area contributed by atoms with E-state index in [-0.39, 0.29) is 0 Å². The lowest BCUT2D eigenvalue weighted by Gasteiger charge is -2.31. The summed E-state index contributed by atoms with van der Waals surface area (Å²) in [6.07, 6.45) is 3.22. The Morgan fingerprint density at radius 3 is 2.15 bits per heavy atom. The molecule has 0 saturated heterocycles. The second kappa shape index (κ2) is 6.02. The van der Waals surface area contributed by atoms with Gasteiger partial charge in [0.15, 0.2) is 0 Å². The standard InChI is InChI=1S/C18H21NS/c1-13(12-20-2)19-18-16-9-5-3-7-14(16)11-15-8-4-6-10-17(15)18/h3-10,13,18-19H,11-12H2,1-2H3. The molecular weight excluding hydrogens is 262 g/mol. The molecule has 0 bridgehead atoms. The molecule has 0 spiro atoms. The van der Waals surface area contributed by atoms with E-state index < -0.39 is 0 Å². The van der Waals surface area contributed by atoms with Crippen LogP contribution in [-0.2, 0) is 6.42 Å². The van der Waals surface area contributed by atoms with Gasteiger partial charge in [-0.15, -0.1) is 0 Å². The summed E-state index contributed by atoms with van der Waals surface area (Å²) in [6.45, 7) is 2.27. The number of rotatable bonds is 4. The second-order valence-electron chi connectivity index (χ2n) is 5.53. The highest BCUT2D eigenvalue weighted by atomic mass is 32.2. The van der Waals surface area contributed by atoms with Crippen LogP contribution in [0.25, 0.3) is 0 Å². The molecule has 2 aromatic carbocycles. The van der Waals surface area contributed by atoms with E-state index in [0.717, 1.165) is 12.2 Å². The third-order valence-corrected chi connectivity index (χ3v) is 4.81. The van der Waals surface area contributed by atoms with Crippen molar-refractivity contribution >= 4 is 11.8 Å². The Bertz CT molecular complexity index is 548. The highest BCUT2D eigenvalue weighted by molar-refractivity contribution is 7.98. The van der Waals surface area contributed by atoms with Crippen molar-refractivity contribution in [3.05, 3.63) is 70.8 Å². The Balaban J connectivity index is 1.99. The number of benzene rings is 2. The van der Waals surface area contributed by atoms with Gasteiger partial charge in [0, 0.05) is 11.8 Å². The summed E-state index contributed by atoms with van der Waals surface area (Å²) in [5, 5.41) is 3.81. The largest absolute Gasteiger partial charge is 0.303 e. The fraction of sp³-hybridized carbons (Fsp3) is 0.333. The minimum atomic E-state index is 0.332. The van der Waals surface area contributed by atoms with Crippen LogP contribution in [0, 0.1) is 0 Å². The number of fused-ring (bicyclic) bond motifs is 2. The Morgan fingerprint density at radius 2 is 1.60 bits per heavy atom. The summed E-state index contributed by atoms with van der Waals surface area (Å²) in [6, 6.07) is 18.5. The maximum Gasteiger partial charge on any atom is 0.0584 e. The maximum absolute atomic E-state index is 3.81. The van der Waals surface area contributed by atoms with Crippen LogP contribution in [0.4, 0.5) is 0 Å². The van der Waals surface area contributed by atoms with E-state index in [4.69, 9.17) is 0 Å². The molecule has 0 heterocycles. The molecule has 104 valence electrons. The summed E-state index contributed by atoms with van der Waals surface area (Å²) in [5.41, 5.74) is 5.80. The van der Waals surface area contributed by atoms with Gasteiger partial charge in [-0.3, -0.25) is 0 Å². The van der Waals surface area contributed by atoms with Crippen molar-refractivity contribution in [2.45, 2.75) is 25.4 Å². The lowest BCUT2D eigenvalue weighted by Crippen LogP contribution is -2.35. The number of hydrogen-bond acceptors (Lipinski definition) is 2. The van der Waals surface area contributed by atoms with Gasteiger partial charge in [-0.2, -0.15) is 11.8 Å². The average Bonchev–Trinajstić information content (AvgIpc) is 2.47. The smallest absolute Gasteiger partial charge is 0.0584 e. The van der Waals surface area contributed by atoms with Gasteiger partial charge in [0.05, 0.1) is 6.04 Å². The molecule has 20 heavy (non-hydrogen) atoms. The van der Waals surface area contributed by atoms with Gasteiger partial charge in [0.1, 0.15) is 0 Å². The minimum absolute atomic E-state index is 0.332. The van der Waals surface area contributed by atoms with Crippen molar-refractivity contribution in [3.8, 4) is 0 Å². The molecule has 2 heteroatoms. The first-order chi connectivity index (χ1) is 9.79. The van der Waals surface area contributed by atoms with Gasteiger partial charge in [-0.1, -0.05) is 48.5 Å². The van der Waals surface area contributed by atoms with Crippen molar-refractivity contribution in [2.75, 3.05) is 12.0 Å². The van der Waals surface area contributed by atoms with Gasteiger partial charge < -0.3 is 5.32 Å². The van der Waals surface area contributed by atoms with E-state index in [9.17, 15) is 0 Å². The summed E-state index contributed by atoms with van der Waals surface area (Å²) in [4.78, 5) is 0. The highest BCUT2D eigenvalue weighted by Crippen LogP contribution is 2.35. The summed E-state index contributed by atoms with van der Waals surface area (Å²) in [5.74, 6) is 1.14. The van der Waals surface area contributed by atoms with E-state index in [2.05, 4.69) is 67.0 Å². The summed E-state index contributed by atoms with van der Waals surface area (Å²) < 4.78 is 0. The predicted octanol–water partition coefficient (Wildman–Crippen LogP) is 4.02. The van der Waals surface area contributed by atoms with Gasteiger partial charge in [-0.25, -0.2) is 0 Å². The zero-order chi connectivity index (χ0) is 13.9. The molecule has 1 atom stereocenters. The summed E-state index contributed by atoms with van der Waals surface area (Å²) >= 11 is 1.90. The first-order valence-electron chi connectivity index (χ1n) is 7.20. The lowest BCUT2D eigenvalue weighted by molar-refractivity contribution is 0.524. The molecular formula is C18H21NS. The van der Waals surface area contributed by atoms with Crippen LogP contribution in [-0.4, -0.2) is 18.1 Å². The van der Waals surface area contributed by atoms with Crippen LogP contribution in [0.1, 0.15) is 35.2 Å². The maximum atomic E-state index is 3.81. The molecule has 3 rings (SSSR count). The first-order valence-corrected chi connectivity index (χ1v) is 8.59. The van der Waals surface area contributed by atoms with E-state index in [0.29, 0.717) is 12.1 Å². The molecule has 0 amide bonds. The molecule has 0 fully saturated rings. The van der Waals surface area contributed by atoms with E-state index in [1.165, 1.54) is 22.3 Å². The fourth-order valence-corrected chi connectivity index (χ4v) is 3.68. The molecule has 1 aliphatic rings. The van der Waals surface area contributed by atoms with Crippen molar-refractivity contribution in [2.24, 2.45) is 0 Å². The van der Waals surface area contributed by atoms with Gasteiger partial charge in [-0.05, 0) is 41.9 Å². The number of thioether (sulfide) groups is 1. The van der Waals surface area contributed by atoms with Crippen molar-refractivity contribution in [3.63, 3.8) is 0 Å². The zero-order valence-electron chi connectivity index (χ0n) is 12.1. The first kappa shape index (κ1) is 13.7. The Labute approximate surface area is 125 Å². The van der Waals surface area contributed by atoms with Crippen molar-refractivity contribution in [1.29, 1.82) is 0 Å². The molecule has 1 nitrogen and oxygen atoms in total. The predicted molar refractivity (Wildman–Crippen MR) is 88.5 cm³/mol. The Kier molecular flexibility index (Phi) is 4.13. The summed E-state index contributed by atoms with van der Waals surface area (Å²) in [7, 11) is 0. The molecule has 0 aromatic heterocycles.